The summed E-state index contributed by atoms with van der Waals surface area (Å²) in [6.07, 6.45) is 5.95. The molecular weight excluding hydrogens is 276 g/mol. The summed E-state index contributed by atoms with van der Waals surface area (Å²) in [5.41, 5.74) is 2.95. The fourth-order valence-electron chi connectivity index (χ4n) is 2.46. The number of benzene rings is 1. The molecule has 1 amide bonds. The smallest absolute Gasteiger partial charge is 0.252 e. The molecule has 112 valence electrons. The predicted molar refractivity (Wildman–Crippen MR) is 85.7 cm³/mol. The molecule has 1 aromatic carbocycles. The van der Waals surface area contributed by atoms with Crippen LogP contribution in [0.15, 0.2) is 48.9 Å². The van der Waals surface area contributed by atoms with E-state index in [9.17, 15) is 4.79 Å². The number of aryl methyl sites for hydroxylation is 2. The maximum Gasteiger partial charge on any atom is 0.252 e. The molecule has 0 saturated carbocycles. The first-order valence-electron chi connectivity index (χ1n) is 7.35. The molecule has 3 aromatic rings. The Labute approximate surface area is 129 Å². The average molecular weight is 294 g/mol. The molecule has 5 heteroatoms. The van der Waals surface area contributed by atoms with Gasteiger partial charge in [0.25, 0.3) is 5.91 Å². The highest BCUT2D eigenvalue weighted by Crippen LogP contribution is 2.17. The number of carbonyl (C=O) groups is 1. The number of pyridine rings is 1. The van der Waals surface area contributed by atoms with E-state index in [1.165, 1.54) is 10.9 Å². The van der Waals surface area contributed by atoms with Gasteiger partial charge in [-0.15, -0.1) is 0 Å². The van der Waals surface area contributed by atoms with Gasteiger partial charge in [0.1, 0.15) is 0 Å². The molecule has 0 fully saturated rings. The van der Waals surface area contributed by atoms with Crippen molar-refractivity contribution in [3.05, 3.63) is 60.0 Å². The van der Waals surface area contributed by atoms with Crippen molar-refractivity contribution < 1.29 is 4.79 Å². The highest BCUT2D eigenvalue weighted by atomic mass is 16.1. The van der Waals surface area contributed by atoms with Gasteiger partial charge in [0.15, 0.2) is 0 Å². The van der Waals surface area contributed by atoms with Crippen LogP contribution >= 0.6 is 0 Å². The lowest BCUT2D eigenvalue weighted by Gasteiger charge is -2.06. The lowest BCUT2D eigenvalue weighted by Crippen LogP contribution is -2.25. The molecule has 0 saturated heterocycles. The van der Waals surface area contributed by atoms with Crippen LogP contribution in [-0.4, -0.2) is 27.2 Å². The number of hydrogen-bond donors (Lipinski definition) is 1. The summed E-state index contributed by atoms with van der Waals surface area (Å²) < 4.78 is 1.98. The van der Waals surface area contributed by atoms with Crippen LogP contribution in [0, 0.1) is 6.92 Å². The molecule has 22 heavy (non-hydrogen) atoms. The monoisotopic (exact) mass is 294 g/mol. The standard InChI is InChI=1S/C17H18N4O/c1-13-5-2-7-16-15(13)12-20-21(16)10-4-9-19-17(22)14-6-3-8-18-11-14/h2-3,5-8,11-12H,4,9-10H2,1H3,(H,19,22). The maximum absolute atomic E-state index is 11.9. The van der Waals surface area contributed by atoms with E-state index in [0.717, 1.165) is 18.5 Å². The molecular formula is C17H18N4O. The van der Waals surface area contributed by atoms with Crippen molar-refractivity contribution in [2.45, 2.75) is 19.9 Å². The summed E-state index contributed by atoms with van der Waals surface area (Å²) in [5.74, 6) is -0.0886. The molecule has 2 heterocycles. The van der Waals surface area contributed by atoms with Crippen LogP contribution in [0.2, 0.25) is 0 Å². The van der Waals surface area contributed by atoms with Crippen molar-refractivity contribution in [1.29, 1.82) is 0 Å². The molecule has 0 radical (unpaired) electrons. The van der Waals surface area contributed by atoms with Gasteiger partial charge >= 0.3 is 0 Å². The normalized spacial score (nSPS) is 10.8. The molecule has 0 spiro atoms. The Morgan fingerprint density at radius 1 is 1.23 bits per heavy atom. The molecule has 0 unspecified atom stereocenters. The number of nitrogens with one attached hydrogen (secondary N) is 1. The zero-order valence-corrected chi connectivity index (χ0v) is 12.5. The average Bonchev–Trinajstić information content (AvgIpc) is 2.97. The number of amides is 1. The second kappa shape index (κ2) is 6.39. The fraction of sp³-hybridized carbons (Fsp3) is 0.235. The quantitative estimate of drug-likeness (QED) is 0.736. The van der Waals surface area contributed by atoms with Gasteiger partial charge in [0, 0.05) is 30.9 Å². The van der Waals surface area contributed by atoms with E-state index < -0.39 is 0 Å². The Bertz CT molecular complexity index is 780. The van der Waals surface area contributed by atoms with Crippen LogP contribution in [0.5, 0.6) is 0 Å². The van der Waals surface area contributed by atoms with Gasteiger partial charge in [-0.05, 0) is 37.1 Å². The summed E-state index contributed by atoms with van der Waals surface area (Å²) in [4.78, 5) is 15.8. The van der Waals surface area contributed by atoms with E-state index in [4.69, 9.17) is 0 Å². The predicted octanol–water partition coefficient (Wildman–Crippen LogP) is 2.56. The fourth-order valence-corrected chi connectivity index (χ4v) is 2.46. The van der Waals surface area contributed by atoms with Crippen LogP contribution in [0.1, 0.15) is 22.3 Å². The van der Waals surface area contributed by atoms with Gasteiger partial charge in [-0.3, -0.25) is 14.5 Å². The number of nitrogens with zero attached hydrogens (tertiary/aromatic N) is 3. The minimum Gasteiger partial charge on any atom is -0.352 e. The van der Waals surface area contributed by atoms with Crippen molar-refractivity contribution in [3.8, 4) is 0 Å². The summed E-state index contributed by atoms with van der Waals surface area (Å²) in [7, 11) is 0. The minimum absolute atomic E-state index is 0.0886. The van der Waals surface area contributed by atoms with Crippen molar-refractivity contribution in [2.75, 3.05) is 6.54 Å². The molecule has 0 aliphatic carbocycles. The molecule has 1 N–H and O–H groups in total. The minimum atomic E-state index is -0.0886. The highest BCUT2D eigenvalue weighted by Gasteiger charge is 2.06. The largest absolute Gasteiger partial charge is 0.352 e. The Balaban J connectivity index is 1.55. The molecule has 0 aliphatic heterocycles. The summed E-state index contributed by atoms with van der Waals surface area (Å²) >= 11 is 0. The van der Waals surface area contributed by atoms with Crippen LogP contribution < -0.4 is 5.32 Å². The molecule has 0 atom stereocenters. The summed E-state index contributed by atoms with van der Waals surface area (Å²) in [5, 5.41) is 8.51. The van der Waals surface area contributed by atoms with Gasteiger partial charge < -0.3 is 5.32 Å². The van der Waals surface area contributed by atoms with Crippen molar-refractivity contribution >= 4 is 16.8 Å². The molecule has 2 aromatic heterocycles. The van der Waals surface area contributed by atoms with Gasteiger partial charge in [0.2, 0.25) is 0 Å². The maximum atomic E-state index is 11.9. The number of fused-ring (bicyclic) bond motifs is 1. The molecule has 0 aliphatic rings. The van der Waals surface area contributed by atoms with E-state index in [1.54, 1.807) is 24.5 Å². The summed E-state index contributed by atoms with van der Waals surface area (Å²) in [6.45, 7) is 3.48. The molecule has 5 nitrogen and oxygen atoms in total. The third-order valence-corrected chi connectivity index (χ3v) is 3.66. The van der Waals surface area contributed by atoms with E-state index in [-0.39, 0.29) is 5.91 Å². The molecule has 0 bridgehead atoms. The zero-order valence-electron chi connectivity index (χ0n) is 12.5. The van der Waals surface area contributed by atoms with Crippen LogP contribution in [0.25, 0.3) is 10.9 Å². The topological polar surface area (TPSA) is 59.8 Å². The first kappa shape index (κ1) is 14.3. The van der Waals surface area contributed by atoms with Crippen LogP contribution in [0.4, 0.5) is 0 Å². The Morgan fingerprint density at radius 2 is 2.14 bits per heavy atom. The van der Waals surface area contributed by atoms with Gasteiger partial charge in [-0.25, -0.2) is 0 Å². The van der Waals surface area contributed by atoms with Gasteiger partial charge in [-0.2, -0.15) is 5.10 Å². The lowest BCUT2D eigenvalue weighted by atomic mass is 10.1. The van der Waals surface area contributed by atoms with Crippen LogP contribution in [0.3, 0.4) is 0 Å². The highest BCUT2D eigenvalue weighted by molar-refractivity contribution is 5.93. The zero-order chi connectivity index (χ0) is 15.4. The van der Waals surface area contributed by atoms with E-state index in [1.807, 2.05) is 16.9 Å². The van der Waals surface area contributed by atoms with Gasteiger partial charge in [0.05, 0.1) is 17.3 Å². The van der Waals surface area contributed by atoms with E-state index >= 15 is 0 Å². The Morgan fingerprint density at radius 3 is 2.95 bits per heavy atom. The SMILES string of the molecule is Cc1cccc2c1cnn2CCCNC(=O)c1cccnc1. The van der Waals surface area contributed by atoms with Crippen molar-refractivity contribution in [1.82, 2.24) is 20.1 Å². The van der Waals surface area contributed by atoms with E-state index in [0.29, 0.717) is 12.1 Å². The molecule has 3 rings (SSSR count). The Kier molecular flexibility index (Phi) is 4.14. The van der Waals surface area contributed by atoms with Gasteiger partial charge in [-0.1, -0.05) is 12.1 Å². The summed E-state index contributed by atoms with van der Waals surface area (Å²) in [6, 6.07) is 9.71. The number of aromatic nitrogens is 3. The van der Waals surface area contributed by atoms with Crippen molar-refractivity contribution in [3.63, 3.8) is 0 Å². The number of hydrogen-bond acceptors (Lipinski definition) is 3. The second-order valence-corrected chi connectivity index (χ2v) is 5.23. The first-order valence-corrected chi connectivity index (χ1v) is 7.35. The van der Waals surface area contributed by atoms with Crippen LogP contribution in [-0.2, 0) is 6.54 Å². The van der Waals surface area contributed by atoms with Crippen molar-refractivity contribution in [2.24, 2.45) is 0 Å². The number of carbonyl (C=O) groups excluding carboxylic acids is 1. The second-order valence-electron chi connectivity index (χ2n) is 5.23. The van der Waals surface area contributed by atoms with E-state index in [2.05, 4.69) is 34.5 Å². The number of rotatable bonds is 5. The third-order valence-electron chi connectivity index (χ3n) is 3.66. The first-order chi connectivity index (χ1) is 10.8. The lowest BCUT2D eigenvalue weighted by molar-refractivity contribution is 0.0952. The third kappa shape index (κ3) is 2.98. The Hall–Kier alpha value is -2.69.